The van der Waals surface area contributed by atoms with E-state index in [-0.39, 0.29) is 12.4 Å². The topological polar surface area (TPSA) is 65.0 Å². The lowest BCUT2D eigenvalue weighted by molar-refractivity contribution is 0.0692. The molecule has 0 fully saturated rings. The van der Waals surface area contributed by atoms with Gasteiger partial charge in [0.2, 0.25) is 6.79 Å². The van der Waals surface area contributed by atoms with Gasteiger partial charge in [-0.05, 0) is 5.75 Å². The minimum atomic E-state index is -1.04. The molecule has 6 heteroatoms. The van der Waals surface area contributed by atoms with Crippen LogP contribution >= 0.6 is 11.8 Å². The fraction of sp³-hybridized carbons (Fsp3) is 0.417. The van der Waals surface area contributed by atoms with Gasteiger partial charge in [-0.3, -0.25) is 0 Å². The Morgan fingerprint density at radius 2 is 2.17 bits per heavy atom. The normalized spacial score (nSPS) is 12.5. The Morgan fingerprint density at radius 1 is 1.44 bits per heavy atom. The first-order chi connectivity index (χ1) is 8.72. The summed E-state index contributed by atoms with van der Waals surface area (Å²) in [5, 5.41) is 9.12. The second-order valence-electron chi connectivity index (χ2n) is 3.55. The molecule has 1 N–H and O–H groups in total. The minimum absolute atomic E-state index is 0.0979. The van der Waals surface area contributed by atoms with Crippen molar-refractivity contribution in [3.8, 4) is 17.2 Å². The van der Waals surface area contributed by atoms with Crippen LogP contribution in [0, 0.1) is 0 Å². The van der Waals surface area contributed by atoms with E-state index in [1.165, 1.54) is 6.07 Å². The molecule has 1 aromatic carbocycles. The van der Waals surface area contributed by atoms with Crippen molar-refractivity contribution in [2.45, 2.75) is 6.92 Å². The van der Waals surface area contributed by atoms with Crippen LogP contribution in [0.15, 0.2) is 12.1 Å². The number of hydrogen-bond acceptors (Lipinski definition) is 5. The van der Waals surface area contributed by atoms with Crippen LogP contribution in [-0.2, 0) is 0 Å². The van der Waals surface area contributed by atoms with E-state index in [4.69, 9.17) is 19.3 Å². The summed E-state index contributed by atoms with van der Waals surface area (Å²) in [5.41, 5.74) is 0.0979. The first-order valence-electron chi connectivity index (χ1n) is 5.60. The number of hydrogen-bond donors (Lipinski definition) is 1. The van der Waals surface area contributed by atoms with E-state index in [1.807, 2.05) is 0 Å². The zero-order valence-electron chi connectivity index (χ0n) is 9.97. The average Bonchev–Trinajstić information content (AvgIpc) is 2.80. The van der Waals surface area contributed by atoms with Crippen LogP contribution in [0.2, 0.25) is 0 Å². The molecule has 0 saturated heterocycles. The van der Waals surface area contributed by atoms with E-state index in [0.717, 1.165) is 11.5 Å². The zero-order chi connectivity index (χ0) is 13.0. The Morgan fingerprint density at radius 3 is 2.83 bits per heavy atom. The van der Waals surface area contributed by atoms with Gasteiger partial charge in [-0.1, -0.05) is 6.92 Å². The molecular weight excluding hydrogens is 256 g/mol. The zero-order valence-corrected chi connectivity index (χ0v) is 10.8. The molecule has 18 heavy (non-hydrogen) atoms. The van der Waals surface area contributed by atoms with Gasteiger partial charge in [-0.15, -0.1) is 0 Å². The second-order valence-corrected chi connectivity index (χ2v) is 4.95. The van der Waals surface area contributed by atoms with Gasteiger partial charge in [0.05, 0.1) is 6.61 Å². The van der Waals surface area contributed by atoms with E-state index in [0.29, 0.717) is 23.9 Å². The molecule has 98 valence electrons. The minimum Gasteiger partial charge on any atom is -0.492 e. The number of carboxylic acids is 1. The molecule has 0 amide bonds. The lowest BCUT2D eigenvalue weighted by atomic mass is 10.2. The highest BCUT2D eigenvalue weighted by atomic mass is 32.2. The van der Waals surface area contributed by atoms with Crippen LogP contribution < -0.4 is 14.2 Å². The van der Waals surface area contributed by atoms with Crippen molar-refractivity contribution < 1.29 is 24.1 Å². The fourth-order valence-corrected chi connectivity index (χ4v) is 2.05. The second kappa shape index (κ2) is 5.86. The van der Waals surface area contributed by atoms with Gasteiger partial charge in [0.15, 0.2) is 11.5 Å². The highest BCUT2D eigenvalue weighted by molar-refractivity contribution is 7.99. The Balaban J connectivity index is 2.14. The Hall–Kier alpha value is -1.56. The number of ether oxygens (including phenoxy) is 3. The first kappa shape index (κ1) is 12.9. The molecule has 0 unspecified atom stereocenters. The molecule has 1 aliphatic rings. The maximum atomic E-state index is 11.1. The molecule has 0 spiro atoms. The van der Waals surface area contributed by atoms with Gasteiger partial charge in [-0.2, -0.15) is 11.8 Å². The summed E-state index contributed by atoms with van der Waals surface area (Å²) >= 11 is 1.74. The third kappa shape index (κ3) is 2.81. The Kier molecular flexibility index (Phi) is 4.19. The van der Waals surface area contributed by atoms with Gasteiger partial charge in [-0.25, -0.2) is 4.79 Å². The van der Waals surface area contributed by atoms with Crippen molar-refractivity contribution in [1.82, 2.24) is 0 Å². The van der Waals surface area contributed by atoms with Crippen LogP contribution in [0.4, 0.5) is 0 Å². The van der Waals surface area contributed by atoms with Crippen molar-refractivity contribution in [3.63, 3.8) is 0 Å². The average molecular weight is 270 g/mol. The Bertz CT molecular complexity index is 446. The summed E-state index contributed by atoms with van der Waals surface area (Å²) in [5.74, 6) is 2.09. The number of carboxylic acid groups (broad SMARTS) is 1. The molecular formula is C12H14O5S. The van der Waals surface area contributed by atoms with E-state index >= 15 is 0 Å². The third-order valence-corrected chi connectivity index (χ3v) is 3.26. The van der Waals surface area contributed by atoms with Gasteiger partial charge in [0, 0.05) is 17.9 Å². The quantitative estimate of drug-likeness (QED) is 0.800. The summed E-state index contributed by atoms with van der Waals surface area (Å²) in [6, 6.07) is 3.01. The molecule has 1 aliphatic heterocycles. The molecule has 0 saturated carbocycles. The maximum Gasteiger partial charge on any atom is 0.339 e. The van der Waals surface area contributed by atoms with Crippen LogP contribution in [0.3, 0.4) is 0 Å². The van der Waals surface area contributed by atoms with Gasteiger partial charge in [0.25, 0.3) is 0 Å². The fourth-order valence-electron chi connectivity index (χ4n) is 1.56. The lowest BCUT2D eigenvalue weighted by Crippen LogP contribution is -2.06. The van der Waals surface area contributed by atoms with Gasteiger partial charge < -0.3 is 19.3 Å². The molecule has 1 aromatic rings. The van der Waals surface area contributed by atoms with Crippen molar-refractivity contribution in [1.29, 1.82) is 0 Å². The lowest BCUT2D eigenvalue weighted by Gasteiger charge is -2.09. The number of fused-ring (bicyclic) bond motifs is 1. The van der Waals surface area contributed by atoms with Gasteiger partial charge in [0.1, 0.15) is 11.3 Å². The maximum absolute atomic E-state index is 11.1. The molecule has 1 heterocycles. The van der Waals surface area contributed by atoms with E-state index < -0.39 is 5.97 Å². The predicted molar refractivity (Wildman–Crippen MR) is 68.0 cm³/mol. The Labute approximate surface area is 109 Å². The van der Waals surface area contributed by atoms with Crippen LogP contribution in [0.1, 0.15) is 17.3 Å². The van der Waals surface area contributed by atoms with Crippen molar-refractivity contribution in [2.24, 2.45) is 0 Å². The smallest absolute Gasteiger partial charge is 0.339 e. The molecule has 2 rings (SSSR count). The summed E-state index contributed by atoms with van der Waals surface area (Å²) in [6.45, 7) is 2.65. The summed E-state index contributed by atoms with van der Waals surface area (Å²) in [6.07, 6.45) is 0. The van der Waals surface area contributed by atoms with E-state index in [2.05, 4.69) is 6.92 Å². The first-order valence-corrected chi connectivity index (χ1v) is 6.75. The number of carbonyl (C=O) groups is 1. The number of rotatable bonds is 6. The molecule has 0 atom stereocenters. The number of aromatic carboxylic acids is 1. The van der Waals surface area contributed by atoms with E-state index in [1.54, 1.807) is 17.8 Å². The molecule has 0 radical (unpaired) electrons. The highest BCUT2D eigenvalue weighted by Gasteiger charge is 2.21. The molecule has 0 aliphatic carbocycles. The molecule has 0 aromatic heterocycles. The third-order valence-electron chi connectivity index (χ3n) is 2.39. The SMILES string of the molecule is CCSCCOc1cc2c(cc1C(=O)O)OCO2. The highest BCUT2D eigenvalue weighted by Crippen LogP contribution is 2.38. The van der Waals surface area contributed by atoms with Crippen molar-refractivity contribution in [3.05, 3.63) is 17.7 Å². The monoisotopic (exact) mass is 270 g/mol. The molecule has 0 bridgehead atoms. The standard InChI is InChI=1S/C12H14O5S/c1-2-18-4-3-15-9-6-11-10(16-7-17-11)5-8(9)12(13)14/h5-6H,2-4,7H2,1H3,(H,13,14). The van der Waals surface area contributed by atoms with Crippen molar-refractivity contribution in [2.75, 3.05) is 24.9 Å². The summed E-state index contributed by atoms with van der Waals surface area (Å²) in [7, 11) is 0. The molecule has 5 nitrogen and oxygen atoms in total. The summed E-state index contributed by atoms with van der Waals surface area (Å²) < 4.78 is 15.8. The van der Waals surface area contributed by atoms with Crippen LogP contribution in [0.25, 0.3) is 0 Å². The predicted octanol–water partition coefficient (Wildman–Crippen LogP) is 2.25. The number of benzene rings is 1. The number of thioether (sulfide) groups is 1. The van der Waals surface area contributed by atoms with E-state index in [9.17, 15) is 4.79 Å². The van der Waals surface area contributed by atoms with Crippen molar-refractivity contribution >= 4 is 17.7 Å². The van der Waals surface area contributed by atoms with Gasteiger partial charge >= 0.3 is 5.97 Å². The summed E-state index contributed by atoms with van der Waals surface area (Å²) in [4.78, 5) is 11.1. The van der Waals surface area contributed by atoms with Crippen LogP contribution in [0.5, 0.6) is 17.2 Å². The van der Waals surface area contributed by atoms with Crippen LogP contribution in [-0.4, -0.2) is 36.0 Å². The largest absolute Gasteiger partial charge is 0.492 e.